The number of hydrogen-bond acceptors (Lipinski definition) is 6. The number of piperazine rings is 1. The molecule has 0 radical (unpaired) electrons. The molecule has 0 aliphatic carbocycles. The summed E-state index contributed by atoms with van der Waals surface area (Å²) in [5, 5.41) is 23.0. The molecular weight excluding hydrogens is 274 g/mol. The first-order valence-electron chi connectivity index (χ1n) is 7.01. The minimum atomic E-state index is -0.806. The van der Waals surface area contributed by atoms with Crippen LogP contribution in [0.4, 0.5) is 10.5 Å². The molecule has 7 nitrogen and oxygen atoms in total. The highest BCUT2D eigenvalue weighted by molar-refractivity contribution is 5.71. The average Bonchev–Trinajstić information content (AvgIpc) is 3.00. The lowest BCUT2D eigenvalue weighted by Gasteiger charge is -2.25. The van der Waals surface area contributed by atoms with E-state index < -0.39 is 6.09 Å². The lowest BCUT2D eigenvalue weighted by atomic mass is 9.92. The number of aliphatic hydroxyl groups is 1. The zero-order chi connectivity index (χ0) is 14.7. The third kappa shape index (κ3) is 1.77. The predicted molar refractivity (Wildman–Crippen MR) is 74.2 cm³/mol. The maximum absolute atomic E-state index is 10.9. The average molecular weight is 291 g/mol. The van der Waals surface area contributed by atoms with Crippen LogP contribution in [0.3, 0.4) is 0 Å². The maximum Gasteiger partial charge on any atom is 0.404 e. The summed E-state index contributed by atoms with van der Waals surface area (Å²) in [6.07, 6.45) is -0.806. The molecule has 1 aromatic carbocycles. The van der Waals surface area contributed by atoms with E-state index in [1.165, 1.54) is 0 Å². The van der Waals surface area contributed by atoms with Crippen LogP contribution in [0.5, 0.6) is 5.75 Å². The fraction of sp³-hybridized carbons (Fsp3) is 0.500. The molecule has 4 rings (SSSR count). The van der Waals surface area contributed by atoms with Gasteiger partial charge in [-0.15, -0.1) is 0 Å². The molecule has 7 heteroatoms. The Morgan fingerprint density at radius 1 is 1.52 bits per heavy atom. The van der Waals surface area contributed by atoms with E-state index in [-0.39, 0.29) is 30.9 Å². The third-order valence-electron chi connectivity index (χ3n) is 4.73. The van der Waals surface area contributed by atoms with Gasteiger partial charge in [0.15, 0.2) is 0 Å². The van der Waals surface area contributed by atoms with Crippen molar-refractivity contribution in [3.05, 3.63) is 23.3 Å². The van der Waals surface area contributed by atoms with Crippen LogP contribution in [-0.2, 0) is 11.3 Å². The van der Waals surface area contributed by atoms with E-state index in [2.05, 4.69) is 10.2 Å². The zero-order valence-electron chi connectivity index (χ0n) is 11.3. The quantitative estimate of drug-likeness (QED) is 0.563. The molecule has 0 spiro atoms. The molecule has 2 fully saturated rings. The van der Waals surface area contributed by atoms with Gasteiger partial charge in [0.05, 0.1) is 12.6 Å². The fourth-order valence-corrected chi connectivity index (χ4v) is 3.86. The van der Waals surface area contributed by atoms with Crippen LogP contribution in [0.15, 0.2) is 12.1 Å². The van der Waals surface area contributed by atoms with Gasteiger partial charge in [-0.3, -0.25) is 0 Å². The number of anilines is 1. The second-order valence-corrected chi connectivity index (χ2v) is 5.88. The van der Waals surface area contributed by atoms with Crippen molar-refractivity contribution in [3.63, 3.8) is 0 Å². The van der Waals surface area contributed by atoms with Gasteiger partial charge in [-0.25, -0.2) is 4.79 Å². The fourth-order valence-electron chi connectivity index (χ4n) is 3.86. The molecule has 3 aliphatic heterocycles. The number of phenols is 1. The van der Waals surface area contributed by atoms with Crippen molar-refractivity contribution in [3.8, 4) is 5.75 Å². The number of nitrogens with zero attached hydrogens (tertiary/aromatic N) is 1. The van der Waals surface area contributed by atoms with E-state index in [4.69, 9.17) is 10.5 Å². The minimum absolute atomic E-state index is 0.106. The number of fused-ring (bicyclic) bond motifs is 5. The summed E-state index contributed by atoms with van der Waals surface area (Å²) in [6.45, 7) is 0.900. The number of aromatic hydroxyl groups is 1. The van der Waals surface area contributed by atoms with Gasteiger partial charge in [-0.2, -0.15) is 0 Å². The van der Waals surface area contributed by atoms with Gasteiger partial charge in [0.2, 0.25) is 0 Å². The summed E-state index contributed by atoms with van der Waals surface area (Å²) in [6, 6.07) is 4.44. The molecule has 0 aromatic heterocycles. The molecule has 3 heterocycles. The Morgan fingerprint density at radius 2 is 2.33 bits per heavy atom. The topological polar surface area (TPSA) is 118 Å². The van der Waals surface area contributed by atoms with Gasteiger partial charge in [0.25, 0.3) is 0 Å². The standard InChI is InChI=1S/C14H17N3O4/c15-14(20)21-5-7-11-9(1-6(4-18)2-10(11)19)17-3-8-12(16-8)13(7)17/h1-2,7-8,12-13,16,18-19H,3-5H2,(H2,15,20)/t7-,8-,12-,13+/m0/s1. The van der Waals surface area contributed by atoms with E-state index in [0.29, 0.717) is 17.6 Å². The summed E-state index contributed by atoms with van der Waals surface area (Å²) >= 11 is 0. The second-order valence-electron chi connectivity index (χ2n) is 5.88. The van der Waals surface area contributed by atoms with Crippen molar-refractivity contribution in [2.24, 2.45) is 5.73 Å². The first-order valence-corrected chi connectivity index (χ1v) is 7.01. The van der Waals surface area contributed by atoms with Gasteiger partial charge >= 0.3 is 6.09 Å². The van der Waals surface area contributed by atoms with Gasteiger partial charge < -0.3 is 30.9 Å². The lowest BCUT2D eigenvalue weighted by molar-refractivity contribution is 0.145. The van der Waals surface area contributed by atoms with Crippen LogP contribution in [0.25, 0.3) is 0 Å². The largest absolute Gasteiger partial charge is 0.508 e. The summed E-state index contributed by atoms with van der Waals surface area (Å²) in [5.74, 6) is 0.0338. The monoisotopic (exact) mass is 291 g/mol. The molecule has 1 aromatic rings. The van der Waals surface area contributed by atoms with Crippen LogP contribution in [0.1, 0.15) is 17.0 Å². The van der Waals surface area contributed by atoms with Gasteiger partial charge in [0, 0.05) is 35.8 Å². The number of rotatable bonds is 3. The molecule has 3 aliphatic rings. The molecule has 4 atom stereocenters. The number of carbonyl (C=O) groups is 1. The molecule has 5 N–H and O–H groups in total. The smallest absolute Gasteiger partial charge is 0.404 e. The van der Waals surface area contributed by atoms with Crippen LogP contribution >= 0.6 is 0 Å². The van der Waals surface area contributed by atoms with E-state index in [1.807, 2.05) is 6.07 Å². The van der Waals surface area contributed by atoms with Crippen molar-refractivity contribution < 1.29 is 19.7 Å². The van der Waals surface area contributed by atoms with E-state index in [1.54, 1.807) is 6.07 Å². The molecule has 2 saturated heterocycles. The first kappa shape index (κ1) is 12.7. The van der Waals surface area contributed by atoms with Gasteiger partial charge in [-0.1, -0.05) is 0 Å². The highest BCUT2D eigenvalue weighted by Gasteiger charge is 2.59. The van der Waals surface area contributed by atoms with Crippen LogP contribution in [0, 0.1) is 0 Å². The van der Waals surface area contributed by atoms with Crippen LogP contribution in [0.2, 0.25) is 0 Å². The van der Waals surface area contributed by atoms with Crippen molar-refractivity contribution in [1.82, 2.24) is 5.32 Å². The maximum atomic E-state index is 10.9. The number of carbonyl (C=O) groups excluding carboxylic acids is 1. The molecular formula is C14H17N3O4. The summed E-state index contributed by atoms with van der Waals surface area (Å²) in [5.41, 5.74) is 7.46. The normalized spacial score (nSPS) is 31.6. The molecule has 0 unspecified atom stereocenters. The van der Waals surface area contributed by atoms with Crippen LogP contribution in [-0.4, -0.2) is 47.6 Å². The second kappa shape index (κ2) is 4.25. The Kier molecular flexibility index (Phi) is 2.58. The molecule has 1 amide bonds. The Balaban J connectivity index is 1.75. The summed E-state index contributed by atoms with van der Waals surface area (Å²) < 4.78 is 4.99. The number of ether oxygens (including phenoxy) is 1. The number of nitrogens with two attached hydrogens (primary N) is 1. The number of hydrogen-bond donors (Lipinski definition) is 4. The first-order chi connectivity index (χ1) is 10.1. The van der Waals surface area contributed by atoms with Crippen molar-refractivity contribution in [2.75, 3.05) is 18.1 Å². The third-order valence-corrected chi connectivity index (χ3v) is 4.73. The minimum Gasteiger partial charge on any atom is -0.508 e. The van der Waals surface area contributed by atoms with Crippen molar-refractivity contribution in [1.29, 1.82) is 0 Å². The van der Waals surface area contributed by atoms with Gasteiger partial charge in [-0.05, 0) is 17.7 Å². The summed E-state index contributed by atoms with van der Waals surface area (Å²) in [7, 11) is 0. The highest BCUT2D eigenvalue weighted by atomic mass is 16.5. The highest BCUT2D eigenvalue weighted by Crippen LogP contribution is 2.52. The lowest BCUT2D eigenvalue weighted by Crippen LogP contribution is -2.38. The number of primary amides is 1. The number of benzene rings is 1. The molecule has 21 heavy (non-hydrogen) atoms. The summed E-state index contributed by atoms with van der Waals surface area (Å²) in [4.78, 5) is 13.1. The Labute approximate surface area is 121 Å². The zero-order valence-corrected chi connectivity index (χ0v) is 11.3. The Morgan fingerprint density at radius 3 is 3.05 bits per heavy atom. The predicted octanol–water partition coefficient (Wildman–Crippen LogP) is -0.394. The SMILES string of the molecule is NC(=O)OC[C@H]1c2c(O)cc(CO)cc2N2C[C@@H]3N[C@@H]3[C@@H]12. The van der Waals surface area contributed by atoms with E-state index in [9.17, 15) is 15.0 Å². The molecule has 0 bridgehead atoms. The van der Waals surface area contributed by atoms with Crippen molar-refractivity contribution >= 4 is 11.8 Å². The number of phenolic OH excluding ortho intramolecular Hbond substituents is 1. The van der Waals surface area contributed by atoms with E-state index >= 15 is 0 Å². The number of amides is 1. The Bertz CT molecular complexity index is 620. The Hall–Kier alpha value is -1.99. The molecule has 0 saturated carbocycles. The van der Waals surface area contributed by atoms with E-state index in [0.717, 1.165) is 17.8 Å². The molecule has 112 valence electrons. The number of nitrogens with one attached hydrogen (secondary N) is 1. The van der Waals surface area contributed by atoms with Crippen molar-refractivity contribution in [2.45, 2.75) is 30.7 Å². The van der Waals surface area contributed by atoms with Crippen LogP contribution < -0.4 is 16.0 Å². The van der Waals surface area contributed by atoms with Gasteiger partial charge in [0.1, 0.15) is 12.4 Å². The number of aliphatic hydroxyl groups excluding tert-OH is 1.